The first-order valence-corrected chi connectivity index (χ1v) is 7.12. The van der Waals surface area contributed by atoms with E-state index in [9.17, 15) is 4.79 Å². The second-order valence-electron chi connectivity index (χ2n) is 5.66. The molecule has 0 saturated heterocycles. The van der Waals surface area contributed by atoms with Crippen LogP contribution in [0.1, 0.15) is 25.0 Å². The Morgan fingerprint density at radius 1 is 1.14 bits per heavy atom. The molecule has 0 spiro atoms. The van der Waals surface area contributed by atoms with Gasteiger partial charge in [-0.05, 0) is 62.2 Å². The molecule has 2 rings (SSSR count). The Balaban J connectivity index is 2.24. The zero-order chi connectivity index (χ0) is 15.6. The predicted molar refractivity (Wildman–Crippen MR) is 88.7 cm³/mol. The molecule has 0 bridgehead atoms. The van der Waals surface area contributed by atoms with E-state index in [2.05, 4.69) is 5.32 Å². The summed E-state index contributed by atoms with van der Waals surface area (Å²) in [4.78, 5) is 12.6. The van der Waals surface area contributed by atoms with Crippen molar-refractivity contribution in [3.8, 4) is 0 Å². The van der Waals surface area contributed by atoms with Gasteiger partial charge in [0, 0.05) is 16.4 Å². The van der Waals surface area contributed by atoms with Crippen LogP contribution in [0.2, 0.25) is 5.02 Å². The summed E-state index contributed by atoms with van der Waals surface area (Å²) in [5.74, 6) is -0.0716. The van der Waals surface area contributed by atoms with E-state index in [4.69, 9.17) is 17.3 Å². The van der Waals surface area contributed by atoms with Crippen LogP contribution in [0.5, 0.6) is 0 Å². The molecule has 3 nitrogen and oxygen atoms in total. The third kappa shape index (κ3) is 3.37. The van der Waals surface area contributed by atoms with Crippen molar-refractivity contribution >= 4 is 28.9 Å². The fourth-order valence-electron chi connectivity index (χ4n) is 2.08. The highest BCUT2D eigenvalue weighted by molar-refractivity contribution is 6.30. The van der Waals surface area contributed by atoms with E-state index in [0.29, 0.717) is 10.7 Å². The Morgan fingerprint density at radius 2 is 1.76 bits per heavy atom. The van der Waals surface area contributed by atoms with Gasteiger partial charge in [0.05, 0.1) is 5.41 Å². The van der Waals surface area contributed by atoms with Crippen LogP contribution in [0, 0.1) is 6.92 Å². The summed E-state index contributed by atoms with van der Waals surface area (Å²) in [7, 11) is 0. The summed E-state index contributed by atoms with van der Waals surface area (Å²) in [5.41, 5.74) is 8.34. The number of carbonyl (C=O) groups is 1. The number of nitrogens with one attached hydrogen (secondary N) is 1. The molecule has 110 valence electrons. The van der Waals surface area contributed by atoms with Gasteiger partial charge in [0.1, 0.15) is 0 Å². The molecule has 21 heavy (non-hydrogen) atoms. The lowest BCUT2D eigenvalue weighted by Gasteiger charge is -2.25. The van der Waals surface area contributed by atoms with Gasteiger partial charge in [-0.15, -0.1) is 0 Å². The minimum Gasteiger partial charge on any atom is -0.399 e. The van der Waals surface area contributed by atoms with Gasteiger partial charge in [0.15, 0.2) is 0 Å². The van der Waals surface area contributed by atoms with Crippen LogP contribution < -0.4 is 11.1 Å². The van der Waals surface area contributed by atoms with Crippen LogP contribution >= 0.6 is 11.6 Å². The molecule has 0 radical (unpaired) electrons. The van der Waals surface area contributed by atoms with Gasteiger partial charge in [-0.3, -0.25) is 4.79 Å². The zero-order valence-electron chi connectivity index (χ0n) is 12.4. The van der Waals surface area contributed by atoms with Gasteiger partial charge >= 0.3 is 0 Å². The number of amides is 1. The first kappa shape index (κ1) is 15.4. The normalized spacial score (nSPS) is 11.2. The SMILES string of the molecule is Cc1cc(Cl)ccc1NC(=O)C(C)(C)c1ccc(N)cc1. The average molecular weight is 303 g/mol. The maximum atomic E-state index is 12.6. The summed E-state index contributed by atoms with van der Waals surface area (Å²) < 4.78 is 0. The number of nitrogen functional groups attached to an aromatic ring is 1. The molecular formula is C17H19ClN2O. The summed E-state index contributed by atoms with van der Waals surface area (Å²) in [6, 6.07) is 12.8. The summed E-state index contributed by atoms with van der Waals surface area (Å²) in [6.07, 6.45) is 0. The highest BCUT2D eigenvalue weighted by Gasteiger charge is 2.30. The Hall–Kier alpha value is -2.00. The standard InChI is InChI=1S/C17H19ClN2O/c1-11-10-13(18)6-9-15(11)20-16(21)17(2,3)12-4-7-14(19)8-5-12/h4-10H,19H2,1-3H3,(H,20,21). The Kier molecular flexibility index (Phi) is 4.24. The van der Waals surface area contributed by atoms with Gasteiger partial charge in [-0.2, -0.15) is 0 Å². The lowest BCUT2D eigenvalue weighted by molar-refractivity contribution is -0.120. The molecule has 0 aromatic heterocycles. The molecule has 0 aliphatic heterocycles. The van der Waals surface area contributed by atoms with E-state index in [1.165, 1.54) is 0 Å². The average Bonchev–Trinajstić information content (AvgIpc) is 2.42. The topological polar surface area (TPSA) is 55.1 Å². The van der Waals surface area contributed by atoms with Crippen LogP contribution in [0.3, 0.4) is 0 Å². The van der Waals surface area contributed by atoms with E-state index in [0.717, 1.165) is 16.8 Å². The second-order valence-corrected chi connectivity index (χ2v) is 6.10. The molecule has 4 heteroatoms. The molecule has 0 heterocycles. The zero-order valence-corrected chi connectivity index (χ0v) is 13.2. The van der Waals surface area contributed by atoms with Crippen LogP contribution in [0.15, 0.2) is 42.5 Å². The third-order valence-corrected chi connectivity index (χ3v) is 3.87. The molecule has 0 saturated carbocycles. The molecule has 3 N–H and O–H groups in total. The molecule has 0 aliphatic rings. The van der Waals surface area contributed by atoms with Crippen molar-refractivity contribution in [3.05, 3.63) is 58.6 Å². The fourth-order valence-corrected chi connectivity index (χ4v) is 2.30. The molecule has 1 amide bonds. The summed E-state index contributed by atoms with van der Waals surface area (Å²) in [6.45, 7) is 5.69. The maximum absolute atomic E-state index is 12.6. The van der Waals surface area contributed by atoms with E-state index in [1.807, 2.05) is 45.0 Å². The van der Waals surface area contributed by atoms with E-state index in [1.54, 1.807) is 18.2 Å². The summed E-state index contributed by atoms with van der Waals surface area (Å²) in [5, 5.41) is 3.62. The molecule has 0 fully saturated rings. The van der Waals surface area contributed by atoms with Crippen molar-refractivity contribution in [1.82, 2.24) is 0 Å². The van der Waals surface area contributed by atoms with Gasteiger partial charge in [-0.1, -0.05) is 23.7 Å². The summed E-state index contributed by atoms with van der Waals surface area (Å²) >= 11 is 5.93. The minimum atomic E-state index is -0.653. The lowest BCUT2D eigenvalue weighted by Crippen LogP contribution is -2.34. The Morgan fingerprint density at radius 3 is 2.33 bits per heavy atom. The predicted octanol–water partition coefficient (Wildman–Crippen LogP) is 4.15. The van der Waals surface area contributed by atoms with Crippen LogP contribution in [-0.4, -0.2) is 5.91 Å². The van der Waals surface area contributed by atoms with Gasteiger partial charge in [0.2, 0.25) is 5.91 Å². The van der Waals surface area contributed by atoms with Crippen LogP contribution in [-0.2, 0) is 10.2 Å². The molecule has 0 atom stereocenters. The monoisotopic (exact) mass is 302 g/mol. The van der Waals surface area contributed by atoms with E-state index >= 15 is 0 Å². The first-order valence-electron chi connectivity index (χ1n) is 6.74. The number of hydrogen-bond donors (Lipinski definition) is 2. The van der Waals surface area contributed by atoms with E-state index in [-0.39, 0.29) is 5.91 Å². The number of nitrogens with two attached hydrogens (primary N) is 1. The Bertz CT molecular complexity index is 663. The van der Waals surface area contributed by atoms with Crippen molar-refractivity contribution in [2.24, 2.45) is 0 Å². The highest BCUT2D eigenvalue weighted by atomic mass is 35.5. The number of carbonyl (C=O) groups excluding carboxylic acids is 1. The molecule has 2 aromatic carbocycles. The fraction of sp³-hybridized carbons (Fsp3) is 0.235. The molecule has 0 unspecified atom stereocenters. The van der Waals surface area contributed by atoms with E-state index < -0.39 is 5.41 Å². The van der Waals surface area contributed by atoms with Gasteiger partial charge < -0.3 is 11.1 Å². The number of hydrogen-bond acceptors (Lipinski definition) is 2. The van der Waals surface area contributed by atoms with Crippen molar-refractivity contribution < 1.29 is 4.79 Å². The lowest BCUT2D eigenvalue weighted by atomic mass is 9.83. The van der Waals surface area contributed by atoms with Gasteiger partial charge in [-0.25, -0.2) is 0 Å². The molecule has 2 aromatic rings. The third-order valence-electron chi connectivity index (χ3n) is 3.64. The molecule has 0 aliphatic carbocycles. The minimum absolute atomic E-state index is 0.0716. The number of benzene rings is 2. The smallest absolute Gasteiger partial charge is 0.234 e. The van der Waals surface area contributed by atoms with Crippen molar-refractivity contribution in [2.75, 3.05) is 11.1 Å². The van der Waals surface area contributed by atoms with Crippen molar-refractivity contribution in [1.29, 1.82) is 0 Å². The number of halogens is 1. The first-order chi connectivity index (χ1) is 9.80. The molecular weight excluding hydrogens is 284 g/mol. The second kappa shape index (κ2) is 5.78. The highest BCUT2D eigenvalue weighted by Crippen LogP contribution is 2.27. The number of rotatable bonds is 3. The van der Waals surface area contributed by atoms with Crippen LogP contribution in [0.25, 0.3) is 0 Å². The Labute approximate surface area is 130 Å². The van der Waals surface area contributed by atoms with Crippen LogP contribution in [0.4, 0.5) is 11.4 Å². The quantitative estimate of drug-likeness (QED) is 0.837. The number of anilines is 2. The maximum Gasteiger partial charge on any atom is 0.234 e. The van der Waals surface area contributed by atoms with Crippen molar-refractivity contribution in [3.63, 3.8) is 0 Å². The van der Waals surface area contributed by atoms with Crippen molar-refractivity contribution in [2.45, 2.75) is 26.2 Å². The van der Waals surface area contributed by atoms with Gasteiger partial charge in [0.25, 0.3) is 0 Å². The number of aryl methyl sites for hydroxylation is 1. The largest absolute Gasteiger partial charge is 0.399 e.